The molecule has 0 saturated heterocycles. The van der Waals surface area contributed by atoms with Gasteiger partial charge in [0.05, 0.1) is 35.3 Å². The number of amides is 2. The minimum Gasteiger partial charge on any atom is -0.395 e. The number of aliphatic hydroxyl groups is 1. The third kappa shape index (κ3) is 5.26. The van der Waals surface area contributed by atoms with E-state index >= 15 is 4.39 Å². The molecule has 36 heavy (non-hydrogen) atoms. The fraction of sp³-hybridized carbons (Fsp3) is 0.0800. The molecule has 2 amide bonds. The number of urea groups is 1. The van der Waals surface area contributed by atoms with Gasteiger partial charge in [0.1, 0.15) is 5.82 Å². The third-order valence-electron chi connectivity index (χ3n) is 5.10. The van der Waals surface area contributed by atoms with Crippen LogP contribution in [0, 0.1) is 23.3 Å². The number of aromatic nitrogens is 1. The second-order valence-corrected chi connectivity index (χ2v) is 7.61. The Morgan fingerprint density at radius 1 is 0.889 bits per heavy atom. The summed E-state index contributed by atoms with van der Waals surface area (Å²) in [5.41, 5.74) is -1.08. The normalized spacial score (nSPS) is 10.8. The van der Waals surface area contributed by atoms with Crippen LogP contribution in [0.15, 0.2) is 60.8 Å². The molecule has 0 spiro atoms. The van der Waals surface area contributed by atoms with Gasteiger partial charge < -0.3 is 21.1 Å². The molecule has 0 aliphatic carbocycles. The Balaban J connectivity index is 1.65. The number of fused-ring (bicyclic) bond motifs is 1. The predicted octanol–water partition coefficient (Wildman–Crippen LogP) is 5.07. The van der Waals surface area contributed by atoms with Crippen LogP contribution in [0.4, 0.5) is 39.4 Å². The number of anilines is 3. The maximum atomic E-state index is 15.2. The molecule has 0 aliphatic rings. The fourth-order valence-corrected chi connectivity index (χ4v) is 3.46. The van der Waals surface area contributed by atoms with E-state index in [9.17, 15) is 22.8 Å². The van der Waals surface area contributed by atoms with Crippen molar-refractivity contribution in [2.24, 2.45) is 0 Å². The van der Waals surface area contributed by atoms with Crippen LogP contribution in [-0.2, 0) is 0 Å². The lowest BCUT2D eigenvalue weighted by atomic mass is 9.99. The Kier molecular flexibility index (Phi) is 7.11. The van der Waals surface area contributed by atoms with Crippen LogP contribution >= 0.6 is 0 Å². The van der Waals surface area contributed by atoms with Crippen molar-refractivity contribution in [1.29, 1.82) is 0 Å². The summed E-state index contributed by atoms with van der Waals surface area (Å²) in [6.45, 7) is 0.138. The number of aliphatic hydroxyl groups excluding tert-OH is 1. The van der Waals surface area contributed by atoms with Gasteiger partial charge in [-0.15, -0.1) is 0 Å². The highest BCUT2D eigenvalue weighted by molar-refractivity contribution is 6.12. The van der Waals surface area contributed by atoms with E-state index in [0.717, 1.165) is 12.1 Å². The van der Waals surface area contributed by atoms with Gasteiger partial charge in [-0.3, -0.25) is 9.78 Å². The Bertz CT molecular complexity index is 1480. The van der Waals surface area contributed by atoms with Gasteiger partial charge >= 0.3 is 6.03 Å². The topological polar surface area (TPSA) is 103 Å². The van der Waals surface area contributed by atoms with Gasteiger partial charge in [-0.25, -0.2) is 22.4 Å². The highest BCUT2D eigenvalue weighted by atomic mass is 19.2. The SMILES string of the molecule is O=C(Nc1cccc(F)c1)Nc1cc(F)c(F)c(C(=O)c2ccc3ncc(NCCO)cc3c2)c1F. The number of hydrogen-bond acceptors (Lipinski definition) is 5. The van der Waals surface area contributed by atoms with Gasteiger partial charge in [0, 0.05) is 29.2 Å². The lowest BCUT2D eigenvalue weighted by Crippen LogP contribution is -2.22. The number of hydrogen-bond donors (Lipinski definition) is 4. The first-order valence-corrected chi connectivity index (χ1v) is 10.6. The first-order chi connectivity index (χ1) is 17.3. The molecular weight excluding hydrogens is 480 g/mol. The highest BCUT2D eigenvalue weighted by Crippen LogP contribution is 2.28. The van der Waals surface area contributed by atoms with Gasteiger partial charge in [0.2, 0.25) is 0 Å². The zero-order valence-corrected chi connectivity index (χ0v) is 18.4. The molecule has 4 rings (SSSR count). The Morgan fingerprint density at radius 2 is 1.69 bits per heavy atom. The second kappa shape index (κ2) is 10.4. The molecule has 0 radical (unpaired) electrons. The van der Waals surface area contributed by atoms with E-state index in [-0.39, 0.29) is 24.4 Å². The summed E-state index contributed by atoms with van der Waals surface area (Å²) in [6, 6.07) is 9.85. The van der Waals surface area contributed by atoms with Crippen LogP contribution in [0.1, 0.15) is 15.9 Å². The molecule has 184 valence electrons. The molecule has 0 bridgehead atoms. The Morgan fingerprint density at radius 3 is 2.44 bits per heavy atom. The van der Waals surface area contributed by atoms with Crippen molar-refractivity contribution in [3.8, 4) is 0 Å². The summed E-state index contributed by atoms with van der Waals surface area (Å²) in [7, 11) is 0. The minimum absolute atomic E-state index is 0.0319. The van der Waals surface area contributed by atoms with Crippen molar-refractivity contribution in [3.63, 3.8) is 0 Å². The maximum absolute atomic E-state index is 15.2. The average Bonchev–Trinajstić information content (AvgIpc) is 2.85. The van der Waals surface area contributed by atoms with Crippen molar-refractivity contribution in [1.82, 2.24) is 4.98 Å². The number of ketones is 1. The van der Waals surface area contributed by atoms with E-state index in [2.05, 4.69) is 15.6 Å². The number of nitrogens with zero attached hydrogens (tertiary/aromatic N) is 1. The van der Waals surface area contributed by atoms with Crippen LogP contribution in [0.3, 0.4) is 0 Å². The molecular formula is C25H18F4N4O3. The number of nitrogens with one attached hydrogen (secondary N) is 3. The van der Waals surface area contributed by atoms with E-state index < -0.39 is 46.3 Å². The molecule has 0 fully saturated rings. The monoisotopic (exact) mass is 498 g/mol. The fourth-order valence-electron chi connectivity index (χ4n) is 3.46. The Hall–Kier alpha value is -4.51. The van der Waals surface area contributed by atoms with Gasteiger partial charge in [-0.1, -0.05) is 6.07 Å². The van der Waals surface area contributed by atoms with Crippen LogP contribution < -0.4 is 16.0 Å². The van der Waals surface area contributed by atoms with E-state index in [1.165, 1.54) is 36.5 Å². The zero-order chi connectivity index (χ0) is 25.8. The number of benzene rings is 3. The third-order valence-corrected chi connectivity index (χ3v) is 5.10. The van der Waals surface area contributed by atoms with Crippen LogP contribution in [0.2, 0.25) is 0 Å². The average molecular weight is 498 g/mol. The summed E-state index contributed by atoms with van der Waals surface area (Å²) in [5.74, 6) is -6.55. The van der Waals surface area contributed by atoms with Gasteiger partial charge in [0.15, 0.2) is 23.2 Å². The molecule has 1 heterocycles. The number of rotatable bonds is 7. The summed E-state index contributed by atoms with van der Waals surface area (Å²) >= 11 is 0. The molecule has 0 unspecified atom stereocenters. The van der Waals surface area contributed by atoms with E-state index in [1.54, 1.807) is 6.07 Å². The zero-order valence-electron chi connectivity index (χ0n) is 18.4. The van der Waals surface area contributed by atoms with Crippen LogP contribution in [-0.4, -0.2) is 35.1 Å². The molecule has 0 aliphatic heterocycles. The smallest absolute Gasteiger partial charge is 0.323 e. The highest BCUT2D eigenvalue weighted by Gasteiger charge is 2.26. The van der Waals surface area contributed by atoms with Crippen molar-refractivity contribution in [3.05, 3.63) is 95.2 Å². The summed E-state index contributed by atoms with van der Waals surface area (Å²) in [5, 5.41) is 16.5. The van der Waals surface area contributed by atoms with Crippen LogP contribution in [0.25, 0.3) is 10.9 Å². The molecule has 4 N–H and O–H groups in total. The first kappa shape index (κ1) is 24.6. The standard InChI is InChI=1S/C25H18F4N4O3/c26-15-2-1-3-16(10-15)32-25(36)33-20-11-18(27)22(28)21(23(20)29)24(35)13-4-5-19-14(8-13)9-17(12-31-19)30-6-7-34/h1-5,8-12,30,34H,6-7H2,(H2,32,33,36). The van der Waals surface area contributed by atoms with Crippen molar-refractivity contribution >= 4 is 39.8 Å². The van der Waals surface area contributed by atoms with Crippen LogP contribution in [0.5, 0.6) is 0 Å². The molecule has 0 atom stereocenters. The van der Waals surface area contributed by atoms with E-state index in [4.69, 9.17) is 5.11 Å². The largest absolute Gasteiger partial charge is 0.395 e. The number of halogens is 4. The summed E-state index contributed by atoms with van der Waals surface area (Å²) < 4.78 is 57.3. The molecule has 11 heteroatoms. The number of pyridine rings is 1. The van der Waals surface area contributed by atoms with Crippen molar-refractivity contribution in [2.75, 3.05) is 29.1 Å². The quantitative estimate of drug-likeness (QED) is 0.162. The molecule has 3 aromatic carbocycles. The van der Waals surface area contributed by atoms with Gasteiger partial charge in [-0.05, 0) is 42.5 Å². The van der Waals surface area contributed by atoms with Crippen molar-refractivity contribution in [2.45, 2.75) is 0 Å². The van der Waals surface area contributed by atoms with E-state index in [0.29, 0.717) is 22.7 Å². The summed E-state index contributed by atoms with van der Waals surface area (Å²) in [4.78, 5) is 29.4. The molecule has 4 aromatic rings. The lowest BCUT2D eigenvalue weighted by molar-refractivity contribution is 0.103. The first-order valence-electron chi connectivity index (χ1n) is 10.6. The lowest BCUT2D eigenvalue weighted by Gasteiger charge is -2.13. The Labute approximate surface area is 201 Å². The van der Waals surface area contributed by atoms with Gasteiger partial charge in [0.25, 0.3) is 0 Å². The van der Waals surface area contributed by atoms with E-state index in [1.807, 2.05) is 5.32 Å². The molecule has 1 aromatic heterocycles. The molecule has 7 nitrogen and oxygen atoms in total. The summed E-state index contributed by atoms with van der Waals surface area (Å²) in [6.07, 6.45) is 1.51. The van der Waals surface area contributed by atoms with Gasteiger partial charge in [-0.2, -0.15) is 0 Å². The minimum atomic E-state index is -1.72. The maximum Gasteiger partial charge on any atom is 0.323 e. The number of carbonyl (C=O) groups excluding carboxylic acids is 2. The predicted molar refractivity (Wildman–Crippen MR) is 126 cm³/mol. The number of carbonyl (C=O) groups is 2. The second-order valence-electron chi connectivity index (χ2n) is 7.61. The molecule has 0 saturated carbocycles. The van der Waals surface area contributed by atoms with Crippen molar-refractivity contribution < 1.29 is 32.3 Å².